The molecule has 0 unspecified atom stereocenters. The number of phenolic OH excluding ortho intramolecular Hbond substituents is 1. The smallest absolute Gasteiger partial charge is 0.435 e. The lowest BCUT2D eigenvalue weighted by atomic mass is 10.2. The molecule has 0 fully saturated rings. The highest BCUT2D eigenvalue weighted by atomic mass is 19.4. The number of phenols is 1. The van der Waals surface area contributed by atoms with Crippen LogP contribution in [0.4, 0.5) is 30.2 Å². The molecule has 12 heteroatoms. The fourth-order valence-corrected chi connectivity index (χ4v) is 2.29. The van der Waals surface area contributed by atoms with Crippen molar-refractivity contribution >= 4 is 17.1 Å². The number of hydrogen-bond donors (Lipinski definition) is 2. The summed E-state index contributed by atoms with van der Waals surface area (Å²) < 4.78 is 40.6. The van der Waals surface area contributed by atoms with E-state index in [4.69, 9.17) is 0 Å². The molecule has 0 aliphatic rings. The Morgan fingerprint density at radius 1 is 1.11 bits per heavy atom. The molecule has 0 aliphatic heterocycles. The van der Waals surface area contributed by atoms with Crippen molar-refractivity contribution < 1.29 is 23.2 Å². The van der Waals surface area contributed by atoms with Gasteiger partial charge in [-0.05, 0) is 18.2 Å². The second kappa shape index (κ2) is 6.98. The van der Waals surface area contributed by atoms with Gasteiger partial charge in [-0.1, -0.05) is 18.2 Å². The van der Waals surface area contributed by atoms with Crippen molar-refractivity contribution in [2.24, 2.45) is 10.2 Å². The number of aromatic amines is 1. The molecule has 0 radical (unpaired) electrons. The van der Waals surface area contributed by atoms with Crippen molar-refractivity contribution in [3.05, 3.63) is 74.7 Å². The third-order valence-electron chi connectivity index (χ3n) is 3.59. The molecule has 0 amide bonds. The van der Waals surface area contributed by atoms with Gasteiger partial charge >= 0.3 is 6.18 Å². The molecule has 9 nitrogen and oxygen atoms in total. The summed E-state index contributed by atoms with van der Waals surface area (Å²) in [5.41, 5.74) is -4.42. The first kappa shape index (κ1) is 18.8. The van der Waals surface area contributed by atoms with E-state index in [1.54, 1.807) is 6.07 Å². The summed E-state index contributed by atoms with van der Waals surface area (Å²) in [6.45, 7) is 0. The highest BCUT2D eigenvalue weighted by molar-refractivity contribution is 5.57. The molecule has 144 valence electrons. The van der Waals surface area contributed by atoms with E-state index in [9.17, 15) is 33.2 Å². The molecule has 0 bridgehead atoms. The summed E-state index contributed by atoms with van der Waals surface area (Å²) in [6, 6.07) is 10.2. The fraction of sp³-hybridized carbons (Fsp3) is 0.0625. The van der Waals surface area contributed by atoms with Crippen molar-refractivity contribution in [1.82, 2.24) is 9.78 Å². The maximum atomic E-state index is 13.3. The lowest BCUT2D eigenvalue weighted by Gasteiger charge is -2.04. The molecule has 1 aromatic heterocycles. The van der Waals surface area contributed by atoms with Crippen LogP contribution in [0.2, 0.25) is 0 Å². The van der Waals surface area contributed by atoms with Gasteiger partial charge in [-0.25, -0.2) is 4.68 Å². The van der Waals surface area contributed by atoms with E-state index in [2.05, 4.69) is 10.2 Å². The number of hydrogen-bond acceptors (Lipinski definition) is 6. The third-order valence-corrected chi connectivity index (χ3v) is 3.59. The number of aromatic nitrogens is 2. The van der Waals surface area contributed by atoms with Gasteiger partial charge in [0.05, 0.1) is 10.6 Å². The zero-order chi connectivity index (χ0) is 20.5. The minimum absolute atomic E-state index is 0.137. The molecule has 3 aromatic rings. The average molecular weight is 393 g/mol. The number of rotatable bonds is 4. The molecule has 0 saturated heterocycles. The van der Waals surface area contributed by atoms with E-state index in [1.807, 2.05) is 5.10 Å². The number of alkyl halides is 3. The van der Waals surface area contributed by atoms with Crippen molar-refractivity contribution in [3.8, 4) is 11.4 Å². The molecule has 1 heterocycles. The first-order valence-corrected chi connectivity index (χ1v) is 7.55. The monoisotopic (exact) mass is 393 g/mol. The number of non-ortho nitro benzene ring substituents is 1. The van der Waals surface area contributed by atoms with Crippen molar-refractivity contribution in [1.29, 1.82) is 0 Å². The molecule has 2 aromatic carbocycles. The maximum absolute atomic E-state index is 13.3. The van der Waals surface area contributed by atoms with Gasteiger partial charge in [-0.2, -0.15) is 13.2 Å². The third kappa shape index (κ3) is 3.60. The number of halogens is 3. The normalized spacial score (nSPS) is 11.8. The van der Waals surface area contributed by atoms with Crippen molar-refractivity contribution in [2.45, 2.75) is 6.18 Å². The summed E-state index contributed by atoms with van der Waals surface area (Å²) in [4.78, 5) is 22.4. The highest BCUT2D eigenvalue weighted by Crippen LogP contribution is 2.36. The topological polar surface area (TPSA) is 126 Å². The average Bonchev–Trinajstić information content (AvgIpc) is 2.98. The molecule has 0 spiro atoms. The predicted molar refractivity (Wildman–Crippen MR) is 90.3 cm³/mol. The first-order valence-electron chi connectivity index (χ1n) is 7.55. The van der Waals surface area contributed by atoms with Crippen LogP contribution in [0.25, 0.3) is 5.69 Å². The summed E-state index contributed by atoms with van der Waals surface area (Å²) in [5, 5.41) is 29.1. The van der Waals surface area contributed by atoms with E-state index in [0.29, 0.717) is 4.68 Å². The Labute approximate surface area is 153 Å². The standard InChI is InChI=1S/C16H10F3N5O4/c17-16(18,19)14-13(15(26)23(22-14)9-4-2-1-3-5-9)21-20-11-8-10(24(27)28)6-7-12(11)25/h1-8,22,25H. The van der Waals surface area contributed by atoms with Crippen LogP contribution in [0, 0.1) is 10.1 Å². The molecular formula is C16H10F3N5O4. The Bertz CT molecular complexity index is 1120. The van der Waals surface area contributed by atoms with E-state index < -0.39 is 45.2 Å². The van der Waals surface area contributed by atoms with Crippen LogP contribution in [-0.2, 0) is 6.18 Å². The summed E-state index contributed by atoms with van der Waals surface area (Å²) in [6.07, 6.45) is -4.95. The SMILES string of the molecule is O=c1c(N=Nc2cc([N+](=O)[O-])ccc2O)c(C(F)(F)F)[nH]n1-c1ccccc1. The van der Waals surface area contributed by atoms with Crippen LogP contribution < -0.4 is 5.56 Å². The number of nitrogens with zero attached hydrogens (tertiary/aromatic N) is 4. The number of nitro groups is 1. The number of azo groups is 1. The quantitative estimate of drug-likeness (QED) is 0.391. The molecule has 3 rings (SSSR count). The Hall–Kier alpha value is -3.96. The summed E-state index contributed by atoms with van der Waals surface area (Å²) in [5.74, 6) is -0.554. The zero-order valence-electron chi connectivity index (χ0n) is 13.7. The van der Waals surface area contributed by atoms with Gasteiger partial charge in [0.2, 0.25) is 0 Å². The Morgan fingerprint density at radius 3 is 2.39 bits per heavy atom. The number of para-hydroxylation sites is 1. The van der Waals surface area contributed by atoms with Crippen LogP contribution in [0.15, 0.2) is 63.6 Å². The van der Waals surface area contributed by atoms with Gasteiger partial charge in [-0.3, -0.25) is 20.0 Å². The summed E-state index contributed by atoms with van der Waals surface area (Å²) in [7, 11) is 0. The van der Waals surface area contributed by atoms with Crippen LogP contribution in [0.1, 0.15) is 5.69 Å². The fourth-order valence-electron chi connectivity index (χ4n) is 2.29. The van der Waals surface area contributed by atoms with Gasteiger partial charge in [0.15, 0.2) is 11.4 Å². The van der Waals surface area contributed by atoms with E-state index >= 15 is 0 Å². The molecule has 28 heavy (non-hydrogen) atoms. The number of aromatic hydroxyl groups is 1. The van der Waals surface area contributed by atoms with Gasteiger partial charge in [-0.15, -0.1) is 10.2 Å². The van der Waals surface area contributed by atoms with Crippen LogP contribution in [0.5, 0.6) is 5.75 Å². The van der Waals surface area contributed by atoms with Gasteiger partial charge < -0.3 is 5.11 Å². The number of benzene rings is 2. The van der Waals surface area contributed by atoms with Crippen molar-refractivity contribution in [2.75, 3.05) is 0 Å². The maximum Gasteiger partial charge on any atom is 0.435 e. The Morgan fingerprint density at radius 2 is 1.79 bits per heavy atom. The lowest BCUT2D eigenvalue weighted by Crippen LogP contribution is -2.13. The van der Waals surface area contributed by atoms with Crippen LogP contribution >= 0.6 is 0 Å². The van der Waals surface area contributed by atoms with E-state index in [-0.39, 0.29) is 5.69 Å². The molecular weight excluding hydrogens is 383 g/mol. The molecule has 2 N–H and O–H groups in total. The van der Waals surface area contributed by atoms with E-state index in [0.717, 1.165) is 18.2 Å². The zero-order valence-corrected chi connectivity index (χ0v) is 13.7. The van der Waals surface area contributed by atoms with Gasteiger partial charge in [0.25, 0.3) is 11.2 Å². The molecule has 0 atom stereocenters. The Balaban J connectivity index is 2.13. The minimum atomic E-state index is -4.95. The predicted octanol–water partition coefficient (Wildman–Crippen LogP) is 4.21. The van der Waals surface area contributed by atoms with Crippen LogP contribution in [-0.4, -0.2) is 19.8 Å². The molecule has 0 aliphatic carbocycles. The molecule has 0 saturated carbocycles. The van der Waals surface area contributed by atoms with Crippen LogP contribution in [0.3, 0.4) is 0 Å². The second-order valence-electron chi connectivity index (χ2n) is 5.44. The van der Waals surface area contributed by atoms with Crippen molar-refractivity contribution in [3.63, 3.8) is 0 Å². The number of nitrogens with one attached hydrogen (secondary N) is 1. The Kier molecular flexibility index (Phi) is 4.69. The van der Waals surface area contributed by atoms with Gasteiger partial charge in [0.1, 0.15) is 11.4 Å². The largest absolute Gasteiger partial charge is 0.506 e. The minimum Gasteiger partial charge on any atom is -0.506 e. The summed E-state index contributed by atoms with van der Waals surface area (Å²) >= 11 is 0. The second-order valence-corrected chi connectivity index (χ2v) is 5.44. The van der Waals surface area contributed by atoms with Gasteiger partial charge in [0, 0.05) is 12.1 Å². The van der Waals surface area contributed by atoms with E-state index in [1.165, 1.54) is 24.3 Å². The first-order chi connectivity index (χ1) is 13.2. The lowest BCUT2D eigenvalue weighted by molar-refractivity contribution is -0.384. The highest BCUT2D eigenvalue weighted by Gasteiger charge is 2.38. The number of nitro benzene ring substituents is 1. The number of H-pyrrole nitrogens is 1.